The van der Waals surface area contributed by atoms with Crippen LogP contribution >= 0.6 is 11.6 Å². The topological polar surface area (TPSA) is 189 Å². The minimum Gasteiger partial charge on any atom is -0.391 e. The summed E-state index contributed by atoms with van der Waals surface area (Å²) in [5.41, 5.74) is 7.04. The van der Waals surface area contributed by atoms with Crippen molar-refractivity contribution in [2.45, 2.75) is 137 Å². The Bertz CT molecular complexity index is 4010. The SMILES string of the molecule is CC(C)(C)O.CCN(C(C)C)C(C)C.CC[C@H](N)c1nc2cccc(F)c2c(=O)n1-c1cccc(CC(F)(F)F)c1.CC[C@H](Nc1ccnc2[nH]ccc12)c1nc2cccc(F)c2c(=O)n1-c1cccc(CC(F)(F)F)c1.Clc1ccnc2[nH]ccc12. The van der Waals surface area contributed by atoms with Gasteiger partial charge in [0.25, 0.3) is 11.1 Å². The van der Waals surface area contributed by atoms with Gasteiger partial charge in [0.15, 0.2) is 0 Å². The number of rotatable bonds is 13. The summed E-state index contributed by atoms with van der Waals surface area (Å²) in [6.07, 6.45) is -3.30. The van der Waals surface area contributed by atoms with E-state index in [0.29, 0.717) is 30.6 Å². The van der Waals surface area contributed by atoms with Crippen LogP contribution in [0.5, 0.6) is 0 Å². The Morgan fingerprint density at radius 3 is 1.49 bits per heavy atom. The minimum atomic E-state index is -4.42. The lowest BCUT2D eigenvalue weighted by atomic mass is 10.1. The number of aromatic amines is 2. The predicted molar refractivity (Wildman–Crippen MR) is 330 cm³/mol. The smallest absolute Gasteiger partial charge is 0.391 e. The molecule has 87 heavy (non-hydrogen) atoms. The molecule has 0 saturated carbocycles. The maximum absolute atomic E-state index is 14.7. The summed E-state index contributed by atoms with van der Waals surface area (Å²) in [7, 11) is 0. The van der Waals surface area contributed by atoms with Crippen LogP contribution in [-0.2, 0) is 12.8 Å². The van der Waals surface area contributed by atoms with Gasteiger partial charge in [-0.25, -0.2) is 28.7 Å². The summed E-state index contributed by atoms with van der Waals surface area (Å²) >= 11 is 5.84. The molecule has 0 amide bonds. The quantitative estimate of drug-likeness (QED) is 0.0695. The average molecular weight is 1230 g/mol. The molecule has 14 nitrogen and oxygen atoms in total. The van der Waals surface area contributed by atoms with Crippen molar-refractivity contribution in [1.82, 2.24) is 43.9 Å². The number of fused-ring (bicyclic) bond motifs is 4. The highest BCUT2D eigenvalue weighted by molar-refractivity contribution is 6.35. The molecule has 10 aromatic rings. The van der Waals surface area contributed by atoms with Gasteiger partial charge in [0.2, 0.25) is 0 Å². The molecule has 0 fully saturated rings. The van der Waals surface area contributed by atoms with Crippen LogP contribution in [0, 0.1) is 11.6 Å². The molecule has 0 aliphatic carbocycles. The van der Waals surface area contributed by atoms with Crippen LogP contribution in [0.2, 0.25) is 5.02 Å². The third-order valence-electron chi connectivity index (χ3n) is 13.3. The van der Waals surface area contributed by atoms with Crippen LogP contribution in [0.25, 0.3) is 55.2 Å². The van der Waals surface area contributed by atoms with Gasteiger partial charge in [0.05, 0.1) is 58.0 Å². The zero-order valence-electron chi connectivity index (χ0n) is 49.9. The Morgan fingerprint density at radius 1 is 0.632 bits per heavy atom. The van der Waals surface area contributed by atoms with Gasteiger partial charge in [0, 0.05) is 53.3 Å². The van der Waals surface area contributed by atoms with Crippen molar-refractivity contribution < 1.29 is 40.2 Å². The van der Waals surface area contributed by atoms with E-state index in [9.17, 15) is 44.7 Å². The van der Waals surface area contributed by atoms with E-state index in [0.717, 1.165) is 50.4 Å². The number of benzene rings is 4. The van der Waals surface area contributed by atoms with Crippen molar-refractivity contribution in [3.63, 3.8) is 0 Å². The number of nitrogens with two attached hydrogens (primary N) is 1. The molecule has 0 radical (unpaired) electrons. The van der Waals surface area contributed by atoms with Gasteiger partial charge < -0.3 is 26.1 Å². The van der Waals surface area contributed by atoms with Crippen molar-refractivity contribution in [2.24, 2.45) is 5.73 Å². The fourth-order valence-corrected chi connectivity index (χ4v) is 9.74. The van der Waals surface area contributed by atoms with Crippen LogP contribution in [0.3, 0.4) is 0 Å². The average Bonchev–Trinajstić information content (AvgIpc) is 1.44. The summed E-state index contributed by atoms with van der Waals surface area (Å²) in [4.78, 5) is 52.4. The number of aliphatic hydroxyl groups is 1. The number of halogens is 9. The normalized spacial score (nSPS) is 12.5. The third-order valence-corrected chi connectivity index (χ3v) is 13.6. The van der Waals surface area contributed by atoms with E-state index in [1.54, 1.807) is 58.4 Å². The molecule has 0 spiro atoms. The van der Waals surface area contributed by atoms with Crippen molar-refractivity contribution in [2.75, 3.05) is 11.9 Å². The Labute approximate surface area is 503 Å². The number of hydrogen-bond donors (Lipinski definition) is 5. The van der Waals surface area contributed by atoms with Crippen LogP contribution in [0.15, 0.2) is 144 Å². The molecule has 6 aromatic heterocycles. The Morgan fingerprint density at radius 2 is 1.07 bits per heavy atom. The lowest BCUT2D eigenvalue weighted by Crippen LogP contribution is -2.36. The van der Waals surface area contributed by atoms with Crippen LogP contribution < -0.4 is 22.2 Å². The Kier molecular flexibility index (Phi) is 23.1. The van der Waals surface area contributed by atoms with Gasteiger partial charge in [0.1, 0.15) is 45.4 Å². The largest absolute Gasteiger partial charge is 0.393 e. The molecule has 6 heterocycles. The second-order valence-corrected chi connectivity index (χ2v) is 22.3. The molecule has 4 aromatic carbocycles. The van der Waals surface area contributed by atoms with Crippen LogP contribution in [0.1, 0.15) is 117 Å². The van der Waals surface area contributed by atoms with Crippen molar-refractivity contribution in [1.29, 1.82) is 0 Å². The standard InChI is InChI=1S/C26H21F4N5O.C19H17F4N3O.C8H19N.C7H5ClN2.C4H10O/c1-2-19(33-20-10-12-32-23-17(20)9-11-31-23)24-34-21-8-4-7-18(27)22(21)25(36)35(24)16-6-3-5-15(13-16)14-26(28,29)30;1-2-14(24)17-25-15-8-4-7-13(20)16(15)18(27)26(17)12-6-3-5-11(9-12)10-19(21,22)23;1-6-9(7(2)3)8(4)5;8-6-2-4-10-7-5(6)1-3-9-7;1-4(2,3)5/h3-13,19H,2,14H2,1H3,(H2,31,32,33);3-9,14H,2,10,24H2,1H3;7-8H,6H2,1-5H3;1-4H,(H,9,10);5H,1-3H3/t19-;14-;;;/m00.../s1. The maximum Gasteiger partial charge on any atom is 0.393 e. The summed E-state index contributed by atoms with van der Waals surface area (Å²) in [6.45, 7) is 21.2. The van der Waals surface area contributed by atoms with Gasteiger partial charge in [-0.3, -0.25) is 23.6 Å². The number of anilines is 1. The minimum absolute atomic E-state index is 0.0171. The van der Waals surface area contributed by atoms with E-state index in [1.165, 1.54) is 77.4 Å². The molecule has 2 atom stereocenters. The first kappa shape index (κ1) is 68.1. The Hall–Kier alpha value is -8.05. The molecule has 23 heteroatoms. The molecule has 0 aliphatic heterocycles. The van der Waals surface area contributed by atoms with E-state index in [2.05, 4.69) is 74.7 Å². The molecule has 6 N–H and O–H groups in total. The van der Waals surface area contributed by atoms with E-state index in [4.69, 9.17) is 22.4 Å². The molecular weight excluding hydrogens is 1160 g/mol. The molecular formula is C64H72ClF8N11O3. The van der Waals surface area contributed by atoms with E-state index in [1.807, 2.05) is 25.3 Å². The highest BCUT2D eigenvalue weighted by Crippen LogP contribution is 2.31. The molecule has 0 saturated heterocycles. The maximum atomic E-state index is 14.7. The number of hydrogen-bond acceptors (Lipinski definition) is 10. The van der Waals surface area contributed by atoms with Crippen molar-refractivity contribution >= 4 is 61.2 Å². The molecule has 0 unspecified atom stereocenters. The predicted octanol–water partition coefficient (Wildman–Crippen LogP) is 15.2. The van der Waals surface area contributed by atoms with Gasteiger partial charge in [-0.1, -0.05) is 68.8 Å². The first-order valence-corrected chi connectivity index (χ1v) is 28.5. The lowest BCUT2D eigenvalue weighted by Gasteiger charge is -2.28. The monoisotopic (exact) mass is 1230 g/mol. The van der Waals surface area contributed by atoms with Gasteiger partial charge >= 0.3 is 12.4 Å². The summed E-state index contributed by atoms with van der Waals surface area (Å²) < 4.78 is 109. The number of nitrogens with zero attached hydrogens (tertiary/aromatic N) is 7. The fraction of sp³-hybridized carbons (Fsp3) is 0.344. The van der Waals surface area contributed by atoms with E-state index in [-0.39, 0.29) is 56.0 Å². The zero-order chi connectivity index (χ0) is 64.1. The lowest BCUT2D eigenvalue weighted by molar-refractivity contribution is -0.128. The number of pyridine rings is 2. The third kappa shape index (κ3) is 18.5. The second kappa shape index (κ2) is 29.6. The molecule has 10 rings (SSSR count). The van der Waals surface area contributed by atoms with Gasteiger partial charge in [-0.05, 0) is 152 Å². The zero-order valence-corrected chi connectivity index (χ0v) is 50.7. The van der Waals surface area contributed by atoms with E-state index < -0.39 is 65.6 Å². The number of aromatic nitrogens is 8. The summed E-state index contributed by atoms with van der Waals surface area (Å²) in [5.74, 6) is -1.07. The first-order chi connectivity index (χ1) is 40.9. The number of nitrogens with one attached hydrogen (secondary N) is 3. The fourth-order valence-electron chi connectivity index (χ4n) is 9.53. The summed E-state index contributed by atoms with van der Waals surface area (Å²) in [5, 5.41) is 14.0. The Balaban J connectivity index is 0.000000205. The van der Waals surface area contributed by atoms with Gasteiger partial charge in [-0.15, -0.1) is 0 Å². The number of H-pyrrole nitrogens is 2. The van der Waals surface area contributed by atoms with Gasteiger partial charge in [-0.2, -0.15) is 26.3 Å². The highest BCUT2D eigenvalue weighted by atomic mass is 35.5. The summed E-state index contributed by atoms with van der Waals surface area (Å²) in [6, 6.07) is 26.8. The highest BCUT2D eigenvalue weighted by Gasteiger charge is 2.30. The molecule has 464 valence electrons. The van der Waals surface area contributed by atoms with Crippen LogP contribution in [0.4, 0.5) is 40.8 Å². The second-order valence-electron chi connectivity index (χ2n) is 21.9. The molecule has 0 aliphatic rings. The van der Waals surface area contributed by atoms with Crippen molar-refractivity contribution in [3.05, 3.63) is 194 Å². The van der Waals surface area contributed by atoms with Crippen LogP contribution in [-0.4, -0.2) is 85.6 Å². The number of alkyl halides is 6. The van der Waals surface area contributed by atoms with Crippen molar-refractivity contribution in [3.8, 4) is 11.4 Å². The first-order valence-electron chi connectivity index (χ1n) is 28.2. The molecule has 0 bridgehead atoms. The van der Waals surface area contributed by atoms with E-state index >= 15 is 0 Å².